The van der Waals surface area contributed by atoms with Crippen LogP contribution in [0.4, 0.5) is 0 Å². The fraction of sp³-hybridized carbons (Fsp3) is 0.200. The van der Waals surface area contributed by atoms with Crippen LogP contribution in [0.3, 0.4) is 0 Å². The standard InChI is InChI=1S/C15H12Br2Cl2O2/c1-20-12-6-9(11(18)7-13(12)21-2)14(17)8-4-3-5-10(16)15(8)19/h3-7,14H,1-2H3. The molecule has 6 heteroatoms. The monoisotopic (exact) mass is 452 g/mol. The molecule has 0 amide bonds. The number of methoxy groups -OCH3 is 2. The second kappa shape index (κ2) is 7.23. The summed E-state index contributed by atoms with van der Waals surface area (Å²) in [6.07, 6.45) is 0. The van der Waals surface area contributed by atoms with E-state index in [1.807, 2.05) is 24.3 Å². The van der Waals surface area contributed by atoms with Gasteiger partial charge >= 0.3 is 0 Å². The molecule has 0 spiro atoms. The minimum atomic E-state index is -0.158. The fourth-order valence-electron chi connectivity index (χ4n) is 1.95. The Kier molecular flexibility index (Phi) is 5.83. The molecule has 0 radical (unpaired) electrons. The third-order valence-electron chi connectivity index (χ3n) is 3.03. The first-order valence-corrected chi connectivity index (χ1v) is 8.45. The van der Waals surface area contributed by atoms with Gasteiger partial charge in [0.15, 0.2) is 11.5 Å². The van der Waals surface area contributed by atoms with Crippen LogP contribution in [0.15, 0.2) is 34.8 Å². The number of halogens is 4. The summed E-state index contributed by atoms with van der Waals surface area (Å²) in [6.45, 7) is 0. The van der Waals surface area contributed by atoms with Crippen molar-refractivity contribution in [3.8, 4) is 11.5 Å². The largest absolute Gasteiger partial charge is 0.493 e. The molecule has 0 fully saturated rings. The average Bonchev–Trinajstić information content (AvgIpc) is 2.49. The van der Waals surface area contributed by atoms with Crippen LogP contribution in [0.5, 0.6) is 11.5 Å². The van der Waals surface area contributed by atoms with E-state index in [0.717, 1.165) is 15.6 Å². The zero-order valence-corrected chi connectivity index (χ0v) is 16.0. The van der Waals surface area contributed by atoms with Gasteiger partial charge in [-0.25, -0.2) is 0 Å². The van der Waals surface area contributed by atoms with Crippen LogP contribution in [-0.2, 0) is 0 Å². The minimum absolute atomic E-state index is 0.158. The number of ether oxygens (including phenoxy) is 2. The van der Waals surface area contributed by atoms with Crippen LogP contribution < -0.4 is 9.47 Å². The van der Waals surface area contributed by atoms with Crippen molar-refractivity contribution in [2.24, 2.45) is 0 Å². The van der Waals surface area contributed by atoms with E-state index in [1.165, 1.54) is 0 Å². The van der Waals surface area contributed by atoms with Gasteiger partial charge in [0, 0.05) is 15.6 Å². The highest BCUT2D eigenvalue weighted by Crippen LogP contribution is 2.44. The van der Waals surface area contributed by atoms with Crippen LogP contribution in [0.25, 0.3) is 0 Å². The summed E-state index contributed by atoms with van der Waals surface area (Å²) in [5, 5.41) is 1.22. The Morgan fingerprint density at radius 2 is 1.62 bits per heavy atom. The highest BCUT2D eigenvalue weighted by molar-refractivity contribution is 9.10. The Balaban J connectivity index is 2.53. The normalized spacial score (nSPS) is 12.1. The molecule has 0 heterocycles. The van der Waals surface area contributed by atoms with Gasteiger partial charge in [0.25, 0.3) is 0 Å². The van der Waals surface area contributed by atoms with Crippen LogP contribution >= 0.6 is 55.1 Å². The average molecular weight is 455 g/mol. The van der Waals surface area contributed by atoms with E-state index in [-0.39, 0.29) is 4.83 Å². The number of rotatable bonds is 4. The first-order valence-electron chi connectivity index (χ1n) is 5.99. The van der Waals surface area contributed by atoms with Crippen molar-refractivity contribution in [3.05, 3.63) is 56.0 Å². The summed E-state index contributed by atoms with van der Waals surface area (Å²) in [5.74, 6) is 1.21. The van der Waals surface area contributed by atoms with Gasteiger partial charge in [-0.3, -0.25) is 0 Å². The summed E-state index contributed by atoms with van der Waals surface area (Å²) in [4.78, 5) is -0.158. The molecule has 21 heavy (non-hydrogen) atoms. The lowest BCUT2D eigenvalue weighted by Crippen LogP contribution is -1.98. The number of alkyl halides is 1. The fourth-order valence-corrected chi connectivity index (χ4v) is 3.85. The van der Waals surface area contributed by atoms with E-state index in [9.17, 15) is 0 Å². The van der Waals surface area contributed by atoms with Gasteiger partial charge in [0.05, 0.1) is 24.1 Å². The number of benzene rings is 2. The SMILES string of the molecule is COc1cc(Cl)c(C(Br)c2cccc(Br)c2Cl)cc1OC. The van der Waals surface area contributed by atoms with Gasteiger partial charge in [-0.15, -0.1) is 0 Å². The van der Waals surface area contributed by atoms with Crippen LogP contribution in [0.2, 0.25) is 10.0 Å². The Labute approximate surface area is 150 Å². The molecule has 2 aromatic carbocycles. The predicted octanol–water partition coefficient (Wildman–Crippen LogP) is 6.26. The first kappa shape index (κ1) is 16.9. The molecular formula is C15H12Br2Cl2O2. The van der Waals surface area contributed by atoms with Crippen molar-refractivity contribution in [3.63, 3.8) is 0 Å². The third kappa shape index (κ3) is 3.50. The Hall–Kier alpha value is -0.420. The maximum Gasteiger partial charge on any atom is 0.162 e. The highest BCUT2D eigenvalue weighted by atomic mass is 79.9. The lowest BCUT2D eigenvalue weighted by molar-refractivity contribution is 0.354. The quantitative estimate of drug-likeness (QED) is 0.508. The topological polar surface area (TPSA) is 18.5 Å². The minimum Gasteiger partial charge on any atom is -0.493 e. The van der Waals surface area contributed by atoms with E-state index in [1.54, 1.807) is 20.3 Å². The van der Waals surface area contributed by atoms with E-state index in [0.29, 0.717) is 21.5 Å². The smallest absolute Gasteiger partial charge is 0.162 e. The van der Waals surface area contributed by atoms with Gasteiger partial charge in [0.1, 0.15) is 0 Å². The molecule has 0 N–H and O–H groups in total. The van der Waals surface area contributed by atoms with Crippen LogP contribution in [-0.4, -0.2) is 14.2 Å². The second-order valence-electron chi connectivity index (χ2n) is 4.23. The van der Waals surface area contributed by atoms with Gasteiger partial charge in [-0.1, -0.05) is 51.3 Å². The number of hydrogen-bond acceptors (Lipinski definition) is 2. The zero-order valence-electron chi connectivity index (χ0n) is 11.3. The Morgan fingerprint density at radius 1 is 1.00 bits per heavy atom. The summed E-state index contributed by atoms with van der Waals surface area (Å²) in [7, 11) is 3.16. The van der Waals surface area contributed by atoms with Crippen LogP contribution in [0, 0.1) is 0 Å². The predicted molar refractivity (Wildman–Crippen MR) is 94.5 cm³/mol. The molecule has 0 saturated carbocycles. The van der Waals surface area contributed by atoms with Gasteiger partial charge in [0.2, 0.25) is 0 Å². The van der Waals surface area contributed by atoms with Crippen molar-refractivity contribution >= 4 is 55.1 Å². The molecule has 0 aromatic heterocycles. The third-order valence-corrected chi connectivity index (χ3v) is 5.66. The highest BCUT2D eigenvalue weighted by Gasteiger charge is 2.20. The molecule has 1 unspecified atom stereocenters. The van der Waals surface area contributed by atoms with Crippen molar-refractivity contribution in [2.45, 2.75) is 4.83 Å². The van der Waals surface area contributed by atoms with E-state index in [2.05, 4.69) is 31.9 Å². The molecule has 0 saturated heterocycles. The summed E-state index contributed by atoms with van der Waals surface area (Å²) < 4.78 is 11.4. The molecule has 2 rings (SSSR count). The lowest BCUT2D eigenvalue weighted by Gasteiger charge is -2.17. The van der Waals surface area contributed by atoms with E-state index < -0.39 is 0 Å². The molecule has 0 bridgehead atoms. The van der Waals surface area contributed by atoms with Gasteiger partial charge in [-0.2, -0.15) is 0 Å². The molecule has 2 nitrogen and oxygen atoms in total. The number of hydrogen-bond donors (Lipinski definition) is 0. The van der Waals surface area contributed by atoms with E-state index in [4.69, 9.17) is 32.7 Å². The van der Waals surface area contributed by atoms with Gasteiger partial charge < -0.3 is 9.47 Å². The second-order valence-corrected chi connectivity index (χ2v) is 6.79. The van der Waals surface area contributed by atoms with Crippen molar-refractivity contribution < 1.29 is 9.47 Å². The Morgan fingerprint density at radius 3 is 2.24 bits per heavy atom. The zero-order chi connectivity index (χ0) is 15.6. The Bertz CT molecular complexity index is 662. The summed E-state index contributed by atoms with van der Waals surface area (Å²) >= 11 is 19.8. The molecule has 1 atom stereocenters. The maximum atomic E-state index is 6.35. The van der Waals surface area contributed by atoms with Crippen molar-refractivity contribution in [1.82, 2.24) is 0 Å². The lowest BCUT2D eigenvalue weighted by atomic mass is 10.0. The van der Waals surface area contributed by atoms with Gasteiger partial charge in [-0.05, 0) is 39.2 Å². The maximum absolute atomic E-state index is 6.35. The molecule has 0 aliphatic heterocycles. The first-order chi connectivity index (χ1) is 9.99. The summed E-state index contributed by atoms with van der Waals surface area (Å²) in [5.41, 5.74) is 1.77. The molecular weight excluding hydrogens is 443 g/mol. The van der Waals surface area contributed by atoms with Crippen molar-refractivity contribution in [2.75, 3.05) is 14.2 Å². The van der Waals surface area contributed by atoms with Crippen LogP contribution in [0.1, 0.15) is 16.0 Å². The molecule has 112 valence electrons. The molecule has 2 aromatic rings. The summed E-state index contributed by atoms with van der Waals surface area (Å²) in [6, 6.07) is 9.34. The van der Waals surface area contributed by atoms with Crippen molar-refractivity contribution in [1.29, 1.82) is 0 Å². The van der Waals surface area contributed by atoms with E-state index >= 15 is 0 Å². The molecule has 0 aliphatic rings. The molecule has 0 aliphatic carbocycles.